The van der Waals surface area contributed by atoms with Crippen LogP contribution in [0.5, 0.6) is 11.5 Å². The number of hydrogen-bond donors (Lipinski definition) is 2. The van der Waals surface area contributed by atoms with Gasteiger partial charge >= 0.3 is 0 Å². The zero-order chi connectivity index (χ0) is 26.3. The molecule has 0 spiro atoms. The molecule has 2 N–H and O–H groups in total. The highest BCUT2D eigenvalue weighted by atomic mass is 35.5. The third-order valence-corrected chi connectivity index (χ3v) is 6.61. The maximum atomic E-state index is 13.0. The molecule has 1 fully saturated rings. The second-order valence-corrected chi connectivity index (χ2v) is 11.0. The van der Waals surface area contributed by atoms with E-state index in [0.717, 1.165) is 35.4 Å². The van der Waals surface area contributed by atoms with Crippen molar-refractivity contribution >= 4 is 17.5 Å². The smallest absolute Gasteiger partial charge is 0.251 e. The van der Waals surface area contributed by atoms with E-state index in [1.54, 1.807) is 24.3 Å². The van der Waals surface area contributed by atoms with E-state index in [0.29, 0.717) is 22.6 Å². The number of hydrogen-bond acceptors (Lipinski definition) is 5. The topological polar surface area (TPSA) is 100 Å². The third kappa shape index (κ3) is 5.40. The van der Waals surface area contributed by atoms with Crippen molar-refractivity contribution < 1.29 is 14.3 Å². The molecule has 188 valence electrons. The largest absolute Gasteiger partial charge is 0.454 e. The number of benzene rings is 2. The van der Waals surface area contributed by atoms with Crippen LogP contribution in [0.4, 0.5) is 0 Å². The molecule has 7 nitrogen and oxygen atoms in total. The Kier molecular flexibility index (Phi) is 6.87. The van der Waals surface area contributed by atoms with Crippen molar-refractivity contribution in [3.05, 3.63) is 63.9 Å². The van der Waals surface area contributed by atoms with Crippen LogP contribution in [0.1, 0.15) is 67.8 Å². The van der Waals surface area contributed by atoms with Gasteiger partial charge in [0, 0.05) is 28.4 Å². The molecule has 1 amide bonds. The maximum Gasteiger partial charge on any atom is 0.251 e. The fourth-order valence-electron chi connectivity index (χ4n) is 5.19. The number of nitriles is 1. The summed E-state index contributed by atoms with van der Waals surface area (Å²) in [6.07, 6.45) is 1.44. The molecular weight excluding hydrogens is 476 g/mol. The summed E-state index contributed by atoms with van der Waals surface area (Å²) >= 11 is 6.52. The highest BCUT2D eigenvalue weighted by Gasteiger charge is 2.39. The number of H-pyrrole nitrogens is 1. The average Bonchev–Trinajstić information content (AvgIpc) is 3.10. The van der Waals surface area contributed by atoms with E-state index in [9.17, 15) is 10.1 Å². The Balaban J connectivity index is 1.55. The maximum absolute atomic E-state index is 13.0. The predicted octanol–water partition coefficient (Wildman–Crippen LogP) is 6.48. The summed E-state index contributed by atoms with van der Waals surface area (Å²) in [5, 5.41) is 20.5. The first-order valence-corrected chi connectivity index (χ1v) is 12.3. The number of ether oxygens (including phenoxy) is 2. The lowest BCUT2D eigenvalue weighted by molar-refractivity contribution is -0.162. The van der Waals surface area contributed by atoms with Crippen molar-refractivity contribution in [3.63, 3.8) is 0 Å². The Morgan fingerprint density at radius 3 is 2.44 bits per heavy atom. The van der Waals surface area contributed by atoms with Crippen LogP contribution in [0.25, 0.3) is 11.1 Å². The second kappa shape index (κ2) is 9.61. The number of aromatic amines is 1. The van der Waals surface area contributed by atoms with Gasteiger partial charge in [0.25, 0.3) is 5.91 Å². The first-order chi connectivity index (χ1) is 16.9. The zero-order valence-corrected chi connectivity index (χ0v) is 22.2. The number of amides is 1. The van der Waals surface area contributed by atoms with Gasteiger partial charge in [0.1, 0.15) is 23.1 Å². The van der Waals surface area contributed by atoms with Crippen LogP contribution in [-0.2, 0) is 4.74 Å². The van der Waals surface area contributed by atoms with E-state index in [-0.39, 0.29) is 28.2 Å². The van der Waals surface area contributed by atoms with Crippen LogP contribution in [0.2, 0.25) is 5.02 Å². The van der Waals surface area contributed by atoms with Crippen LogP contribution < -0.4 is 10.1 Å². The molecular formula is C28H31ClN4O3. The van der Waals surface area contributed by atoms with Crippen molar-refractivity contribution in [2.75, 3.05) is 0 Å². The molecule has 2 heterocycles. The van der Waals surface area contributed by atoms with E-state index >= 15 is 0 Å². The molecule has 0 saturated carbocycles. The minimum absolute atomic E-state index is 0.0123. The molecule has 8 heteroatoms. The minimum atomic E-state index is -0.324. The number of aromatic nitrogens is 2. The summed E-state index contributed by atoms with van der Waals surface area (Å²) < 4.78 is 12.2. The van der Waals surface area contributed by atoms with E-state index in [1.807, 2.05) is 53.7 Å². The number of carbonyl (C=O) groups is 1. The molecule has 2 aromatic carbocycles. The molecule has 1 aromatic heterocycles. The van der Waals surface area contributed by atoms with Crippen LogP contribution in [-0.4, -0.2) is 33.3 Å². The van der Waals surface area contributed by atoms with E-state index < -0.39 is 0 Å². The molecule has 0 aliphatic carbocycles. The minimum Gasteiger partial charge on any atom is -0.454 e. The molecule has 1 aliphatic rings. The highest BCUT2D eigenvalue weighted by molar-refractivity contribution is 6.32. The number of carbonyl (C=O) groups excluding carboxylic acids is 1. The summed E-state index contributed by atoms with van der Waals surface area (Å²) in [5.41, 5.74) is 3.44. The molecule has 0 radical (unpaired) electrons. The van der Waals surface area contributed by atoms with Crippen LogP contribution in [0.3, 0.4) is 0 Å². The van der Waals surface area contributed by atoms with Gasteiger partial charge in [-0.3, -0.25) is 9.89 Å². The summed E-state index contributed by atoms with van der Waals surface area (Å²) in [4.78, 5) is 13.0. The Bertz CT molecular complexity index is 1320. The van der Waals surface area contributed by atoms with Gasteiger partial charge in [0.05, 0.1) is 21.9 Å². The lowest BCUT2D eigenvalue weighted by atomic mass is 9.85. The Morgan fingerprint density at radius 2 is 1.86 bits per heavy atom. The van der Waals surface area contributed by atoms with Crippen molar-refractivity contribution in [2.45, 2.75) is 71.6 Å². The Hall–Kier alpha value is -3.34. The molecule has 1 aliphatic heterocycles. The van der Waals surface area contributed by atoms with Gasteiger partial charge in [-0.25, -0.2) is 0 Å². The standard InChI is InChI=1S/C28H31ClN4O3/c1-16-25(17(2)33-32-16)20-8-7-9-23(21(20)15-30)35-24-11-10-18(12-22(24)29)26(34)31-19-13-27(3,4)36-28(5,6)14-19/h7-12,19H,13-14H2,1-6H3,(H,31,34)(H,32,33). The van der Waals surface area contributed by atoms with Crippen molar-refractivity contribution in [1.82, 2.24) is 15.5 Å². The number of aryl methyl sites for hydroxylation is 2. The summed E-state index contributed by atoms with van der Waals surface area (Å²) in [7, 11) is 0. The van der Waals surface area contributed by atoms with E-state index in [2.05, 4.69) is 21.6 Å². The van der Waals surface area contributed by atoms with Crippen molar-refractivity contribution in [3.8, 4) is 28.7 Å². The second-order valence-electron chi connectivity index (χ2n) is 10.5. The highest BCUT2D eigenvalue weighted by Crippen LogP contribution is 2.38. The van der Waals surface area contributed by atoms with Gasteiger partial charge in [0.2, 0.25) is 0 Å². The zero-order valence-electron chi connectivity index (χ0n) is 21.5. The van der Waals surface area contributed by atoms with Gasteiger partial charge in [-0.15, -0.1) is 0 Å². The molecule has 1 saturated heterocycles. The van der Waals surface area contributed by atoms with Crippen molar-refractivity contribution in [1.29, 1.82) is 5.26 Å². The third-order valence-electron chi connectivity index (χ3n) is 6.31. The summed E-state index contributed by atoms with van der Waals surface area (Å²) in [5.74, 6) is 0.532. The molecule has 0 unspecified atom stereocenters. The molecule has 0 atom stereocenters. The molecule has 0 bridgehead atoms. The van der Waals surface area contributed by atoms with Crippen LogP contribution in [0.15, 0.2) is 36.4 Å². The van der Waals surface area contributed by atoms with E-state index in [4.69, 9.17) is 21.1 Å². The summed E-state index contributed by atoms with van der Waals surface area (Å²) in [6.45, 7) is 11.9. The van der Waals surface area contributed by atoms with E-state index in [1.165, 1.54) is 0 Å². The number of nitrogens with one attached hydrogen (secondary N) is 2. The predicted molar refractivity (Wildman–Crippen MR) is 139 cm³/mol. The normalized spacial score (nSPS) is 16.8. The van der Waals surface area contributed by atoms with Gasteiger partial charge < -0.3 is 14.8 Å². The van der Waals surface area contributed by atoms with Gasteiger partial charge in [0.15, 0.2) is 0 Å². The quantitative estimate of drug-likeness (QED) is 0.412. The van der Waals surface area contributed by atoms with Gasteiger partial charge in [-0.05, 0) is 78.6 Å². The Morgan fingerprint density at radius 1 is 1.17 bits per heavy atom. The fraction of sp³-hybridized carbons (Fsp3) is 0.393. The fourth-order valence-corrected chi connectivity index (χ4v) is 5.41. The first kappa shape index (κ1) is 25.7. The molecule has 36 heavy (non-hydrogen) atoms. The SMILES string of the molecule is Cc1n[nH]c(C)c1-c1cccc(Oc2ccc(C(=O)NC3CC(C)(C)OC(C)(C)C3)cc2Cl)c1C#N. The molecule has 3 aromatic rings. The Labute approximate surface area is 216 Å². The van der Waals surface area contributed by atoms with Gasteiger partial charge in [-0.1, -0.05) is 23.7 Å². The monoisotopic (exact) mass is 506 g/mol. The van der Waals surface area contributed by atoms with Crippen LogP contribution in [0, 0.1) is 25.2 Å². The summed E-state index contributed by atoms with van der Waals surface area (Å²) in [6, 6.07) is 12.6. The average molecular weight is 507 g/mol. The molecule has 4 rings (SSSR count). The first-order valence-electron chi connectivity index (χ1n) is 11.9. The van der Waals surface area contributed by atoms with Crippen LogP contribution >= 0.6 is 11.6 Å². The van der Waals surface area contributed by atoms with Gasteiger partial charge in [-0.2, -0.15) is 10.4 Å². The number of halogens is 1. The van der Waals surface area contributed by atoms with Crippen molar-refractivity contribution in [2.24, 2.45) is 0 Å². The lowest BCUT2D eigenvalue weighted by Gasteiger charge is -2.45. The lowest BCUT2D eigenvalue weighted by Crippen LogP contribution is -2.52. The number of rotatable bonds is 5. The number of nitrogens with zero attached hydrogens (tertiary/aromatic N) is 2.